The zero-order chi connectivity index (χ0) is 19.9. The Morgan fingerprint density at radius 2 is 1.08 bits per heavy atom. The van der Waals surface area contributed by atoms with Gasteiger partial charge in [0.25, 0.3) is 11.7 Å². The minimum absolute atomic E-state index is 1.78. The third-order valence-corrected chi connectivity index (χ3v) is 2.32. The van der Waals surface area contributed by atoms with Crippen LogP contribution in [0.1, 0.15) is 0 Å². The number of carbonyl (C=O) groups is 1. The Morgan fingerprint density at radius 3 is 1.29 bits per heavy atom. The SMILES string of the molecule is C=C(C(=O)OC(C(F)(F)F)C(F)(F)F)C(O)(C(F)(F)F)C(F)(F)F. The zero-order valence-corrected chi connectivity index (χ0v) is 10.6. The lowest BCUT2D eigenvalue weighted by Gasteiger charge is -2.33. The quantitative estimate of drug-likeness (QED) is 0.458. The summed E-state index contributed by atoms with van der Waals surface area (Å²) in [4.78, 5) is 10.9. The van der Waals surface area contributed by atoms with Crippen molar-refractivity contribution in [3.05, 3.63) is 12.2 Å². The highest BCUT2D eigenvalue weighted by atomic mass is 19.4. The van der Waals surface area contributed by atoms with E-state index in [1.54, 1.807) is 6.58 Å². The molecule has 0 unspecified atom stereocenters. The fourth-order valence-electron chi connectivity index (χ4n) is 1.15. The molecule has 0 aliphatic rings. The highest BCUT2D eigenvalue weighted by Gasteiger charge is 2.74. The maximum atomic E-state index is 12.3. The van der Waals surface area contributed by atoms with Crippen LogP contribution in [-0.4, -0.2) is 47.5 Å². The van der Waals surface area contributed by atoms with Crippen LogP contribution in [0.4, 0.5) is 52.7 Å². The van der Waals surface area contributed by atoms with Gasteiger partial charge in [-0.05, 0) is 0 Å². The summed E-state index contributed by atoms with van der Waals surface area (Å²) < 4.78 is 149. The van der Waals surface area contributed by atoms with Crippen LogP contribution < -0.4 is 0 Å². The van der Waals surface area contributed by atoms with Crippen LogP contribution in [0.2, 0.25) is 0 Å². The van der Waals surface area contributed by atoms with Gasteiger partial charge in [-0.15, -0.1) is 0 Å². The maximum absolute atomic E-state index is 12.3. The molecule has 0 radical (unpaired) electrons. The van der Waals surface area contributed by atoms with Crippen molar-refractivity contribution in [3.63, 3.8) is 0 Å². The van der Waals surface area contributed by atoms with Gasteiger partial charge in [0.1, 0.15) is 0 Å². The minimum Gasteiger partial charge on any atom is -0.439 e. The normalized spacial score (nSPS) is 14.8. The molecule has 0 bridgehead atoms. The van der Waals surface area contributed by atoms with Crippen LogP contribution in [0.5, 0.6) is 0 Å². The second kappa shape index (κ2) is 6.00. The van der Waals surface area contributed by atoms with Gasteiger partial charge >= 0.3 is 30.7 Å². The van der Waals surface area contributed by atoms with E-state index < -0.39 is 48.0 Å². The average Bonchev–Trinajstić information content (AvgIpc) is 2.27. The first kappa shape index (κ1) is 22.3. The molecule has 3 nitrogen and oxygen atoms in total. The lowest BCUT2D eigenvalue weighted by Crippen LogP contribution is -2.60. The standard InChI is InChI=1S/C9H4F12O3/c1-2(5(23,8(16,17)18)9(19,20)21)3(22)24-4(6(10,11)12)7(13,14)15/h4,23H,1H2. The van der Waals surface area contributed by atoms with Crippen molar-refractivity contribution in [2.24, 2.45) is 0 Å². The molecular weight excluding hydrogens is 384 g/mol. The summed E-state index contributed by atoms with van der Waals surface area (Å²) in [6.45, 7) is 1.78. The molecule has 0 saturated carbocycles. The first-order valence-corrected chi connectivity index (χ1v) is 5.07. The monoisotopic (exact) mass is 388 g/mol. The highest BCUT2D eigenvalue weighted by Crippen LogP contribution is 2.48. The van der Waals surface area contributed by atoms with Crippen LogP contribution >= 0.6 is 0 Å². The third-order valence-electron chi connectivity index (χ3n) is 2.32. The predicted molar refractivity (Wildman–Crippen MR) is 48.2 cm³/mol. The van der Waals surface area contributed by atoms with E-state index in [9.17, 15) is 57.5 Å². The van der Waals surface area contributed by atoms with Gasteiger partial charge in [0.2, 0.25) is 0 Å². The third kappa shape index (κ3) is 4.24. The fourth-order valence-corrected chi connectivity index (χ4v) is 1.15. The van der Waals surface area contributed by atoms with Gasteiger partial charge in [0.15, 0.2) is 0 Å². The summed E-state index contributed by atoms with van der Waals surface area (Å²) in [6.07, 6.45) is -31.3. The molecule has 0 aliphatic carbocycles. The molecule has 0 heterocycles. The molecule has 1 N–H and O–H groups in total. The van der Waals surface area contributed by atoms with Crippen molar-refractivity contribution in [1.29, 1.82) is 0 Å². The highest BCUT2D eigenvalue weighted by molar-refractivity contribution is 5.90. The number of carbonyl (C=O) groups excluding carboxylic acids is 1. The second-order valence-corrected chi connectivity index (χ2v) is 4.05. The Morgan fingerprint density at radius 1 is 0.792 bits per heavy atom. The van der Waals surface area contributed by atoms with Gasteiger partial charge in [-0.3, -0.25) is 0 Å². The predicted octanol–water partition coefficient (Wildman–Crippen LogP) is 3.43. The van der Waals surface area contributed by atoms with Crippen molar-refractivity contribution in [2.45, 2.75) is 36.4 Å². The molecule has 142 valence electrons. The van der Waals surface area contributed by atoms with Crippen LogP contribution in [0.15, 0.2) is 12.2 Å². The average molecular weight is 388 g/mol. The van der Waals surface area contributed by atoms with Gasteiger partial charge in [-0.1, -0.05) is 6.58 Å². The number of hydrogen-bond acceptors (Lipinski definition) is 3. The lowest BCUT2D eigenvalue weighted by molar-refractivity contribution is -0.353. The summed E-state index contributed by atoms with van der Waals surface area (Å²) in [5.74, 6) is -3.40. The Hall–Kier alpha value is -1.67. The maximum Gasteiger partial charge on any atom is 0.434 e. The number of halogens is 12. The Labute approximate surface area is 123 Å². The summed E-state index contributed by atoms with van der Waals surface area (Å²) in [5.41, 5.74) is -9.24. The molecule has 0 saturated heterocycles. The summed E-state index contributed by atoms with van der Waals surface area (Å²) in [5, 5.41) is 8.63. The number of esters is 1. The molecule has 15 heteroatoms. The van der Waals surface area contributed by atoms with Crippen molar-refractivity contribution < 1.29 is 67.3 Å². The van der Waals surface area contributed by atoms with E-state index in [4.69, 9.17) is 5.11 Å². The van der Waals surface area contributed by atoms with Crippen molar-refractivity contribution in [1.82, 2.24) is 0 Å². The Kier molecular flexibility index (Phi) is 5.58. The smallest absolute Gasteiger partial charge is 0.434 e. The lowest BCUT2D eigenvalue weighted by atomic mass is 9.93. The number of ether oxygens (including phenoxy) is 1. The van der Waals surface area contributed by atoms with E-state index in [1.807, 2.05) is 0 Å². The first-order valence-electron chi connectivity index (χ1n) is 5.07. The summed E-state index contributed by atoms with van der Waals surface area (Å²) in [7, 11) is 0. The van der Waals surface area contributed by atoms with E-state index in [1.165, 1.54) is 0 Å². The van der Waals surface area contributed by atoms with Gasteiger partial charge in [-0.2, -0.15) is 52.7 Å². The van der Waals surface area contributed by atoms with Gasteiger partial charge < -0.3 is 9.84 Å². The van der Waals surface area contributed by atoms with Crippen LogP contribution in [-0.2, 0) is 9.53 Å². The molecule has 0 atom stereocenters. The molecule has 0 rings (SSSR count). The van der Waals surface area contributed by atoms with E-state index in [0.717, 1.165) is 0 Å². The molecule has 24 heavy (non-hydrogen) atoms. The molecule has 0 amide bonds. The topological polar surface area (TPSA) is 46.5 Å². The fraction of sp³-hybridized carbons (Fsp3) is 0.667. The van der Waals surface area contributed by atoms with Crippen molar-refractivity contribution in [3.8, 4) is 0 Å². The number of aliphatic hydroxyl groups is 1. The van der Waals surface area contributed by atoms with Crippen molar-refractivity contribution >= 4 is 5.97 Å². The second-order valence-electron chi connectivity index (χ2n) is 4.05. The van der Waals surface area contributed by atoms with Crippen LogP contribution in [0.25, 0.3) is 0 Å². The van der Waals surface area contributed by atoms with E-state index >= 15 is 0 Å². The van der Waals surface area contributed by atoms with E-state index in [-0.39, 0.29) is 0 Å². The van der Waals surface area contributed by atoms with Crippen LogP contribution in [0.3, 0.4) is 0 Å². The largest absolute Gasteiger partial charge is 0.439 e. The van der Waals surface area contributed by atoms with Gasteiger partial charge in [-0.25, -0.2) is 4.79 Å². The molecule has 0 aromatic rings. The zero-order valence-electron chi connectivity index (χ0n) is 10.6. The summed E-state index contributed by atoms with van der Waals surface area (Å²) in [6, 6.07) is 0. The molecule has 0 aliphatic heterocycles. The minimum atomic E-state index is -6.74. The van der Waals surface area contributed by atoms with E-state index in [0.29, 0.717) is 0 Å². The molecule has 0 aromatic heterocycles. The molecule has 0 aromatic carbocycles. The van der Waals surface area contributed by atoms with Crippen LogP contribution in [0, 0.1) is 0 Å². The molecular formula is C9H4F12O3. The Bertz CT molecular complexity index is 466. The van der Waals surface area contributed by atoms with Gasteiger partial charge in [0, 0.05) is 0 Å². The van der Waals surface area contributed by atoms with Crippen molar-refractivity contribution in [2.75, 3.05) is 0 Å². The summed E-state index contributed by atoms with van der Waals surface area (Å²) >= 11 is 0. The van der Waals surface area contributed by atoms with E-state index in [2.05, 4.69) is 4.74 Å². The first-order chi connectivity index (χ1) is 10.2. The number of rotatable bonds is 3. The molecule has 0 spiro atoms. The van der Waals surface area contributed by atoms with Gasteiger partial charge in [0.05, 0.1) is 5.57 Å². The molecule has 0 fully saturated rings. The number of hydrogen-bond donors (Lipinski definition) is 1. The number of alkyl halides is 12. The Balaban J connectivity index is 5.84.